The lowest BCUT2D eigenvalue weighted by atomic mass is 10.6. The van der Waals surface area contributed by atoms with Gasteiger partial charge in [0.25, 0.3) is 0 Å². The molecule has 0 aromatic heterocycles. The first kappa shape index (κ1) is 11.6. The third kappa shape index (κ3) is 28.7. The van der Waals surface area contributed by atoms with E-state index < -0.39 is 0 Å². The van der Waals surface area contributed by atoms with Gasteiger partial charge in [0.15, 0.2) is 0 Å². The fourth-order valence-electron chi connectivity index (χ4n) is 0. The van der Waals surface area contributed by atoms with Gasteiger partial charge in [-0.3, -0.25) is 0 Å². The largest absolute Gasteiger partial charge is 0.127 e. The molecule has 8 heavy (non-hydrogen) atoms. The van der Waals surface area contributed by atoms with Crippen molar-refractivity contribution in [3.8, 4) is 0 Å². The van der Waals surface area contributed by atoms with Crippen molar-refractivity contribution in [3.63, 3.8) is 0 Å². The molecule has 0 aliphatic carbocycles. The molecule has 0 radical (unpaired) electrons. The van der Waals surface area contributed by atoms with Gasteiger partial charge in [-0.2, -0.15) is 0 Å². The molecule has 3 heteroatoms. The maximum atomic E-state index is 5.19. The first-order chi connectivity index (χ1) is 3.83. The Bertz CT molecular complexity index is 15.6. The van der Waals surface area contributed by atoms with E-state index in [-0.39, 0.29) is 0 Å². The minimum atomic E-state index is 0.557. The summed E-state index contributed by atoms with van der Waals surface area (Å²) < 4.78 is 0. The van der Waals surface area contributed by atoms with Gasteiger partial charge in [0.05, 0.1) is 0 Å². The third-order valence-electron chi connectivity index (χ3n) is 0.260. The Morgan fingerprint density at radius 2 is 1.12 bits per heavy atom. The summed E-state index contributed by atoms with van der Waals surface area (Å²) in [5.74, 6) is 1.91. The molecule has 0 heterocycles. The smallest absolute Gasteiger partial charge is 0.0359 e. The second kappa shape index (κ2) is 15.7. The quantitative estimate of drug-likeness (QED) is 0.569. The van der Waals surface area contributed by atoms with E-state index in [4.69, 9.17) is 34.8 Å². The second-order valence-electron chi connectivity index (χ2n) is 1.07. The molecule has 0 spiro atoms. The number of rotatable bonds is 2. The van der Waals surface area contributed by atoms with Crippen molar-refractivity contribution in [2.75, 3.05) is 17.6 Å². The van der Waals surface area contributed by atoms with Crippen LogP contribution in [0.2, 0.25) is 0 Å². The highest BCUT2D eigenvalue weighted by Crippen LogP contribution is 1.75. The van der Waals surface area contributed by atoms with E-state index in [1.165, 1.54) is 0 Å². The summed E-state index contributed by atoms with van der Waals surface area (Å²) in [6, 6.07) is 0. The molecule has 0 aliphatic rings. The van der Waals surface area contributed by atoms with Crippen LogP contribution in [0.4, 0.5) is 0 Å². The molecule has 0 amide bonds. The molecule has 0 N–H and O–H groups in total. The van der Waals surface area contributed by atoms with Crippen LogP contribution in [0.15, 0.2) is 0 Å². The monoisotopic (exact) mass is 176 g/mol. The molecule has 0 fully saturated rings. The van der Waals surface area contributed by atoms with Crippen molar-refractivity contribution in [2.24, 2.45) is 0 Å². The highest BCUT2D eigenvalue weighted by Gasteiger charge is 1.61. The van der Waals surface area contributed by atoms with Gasteiger partial charge in [-0.25, -0.2) is 0 Å². The summed E-state index contributed by atoms with van der Waals surface area (Å²) in [5.41, 5.74) is 0. The molecular formula is C5H11Cl3. The normalized spacial score (nSPS) is 7.50. The van der Waals surface area contributed by atoms with Crippen LogP contribution in [0.3, 0.4) is 0 Å². The number of hydrogen-bond donors (Lipinski definition) is 0. The Morgan fingerprint density at radius 3 is 1.12 bits per heavy atom. The lowest BCUT2D eigenvalue weighted by Gasteiger charge is -1.65. The lowest BCUT2D eigenvalue weighted by Crippen LogP contribution is -1.63. The molecule has 0 bridgehead atoms. The summed E-state index contributed by atoms with van der Waals surface area (Å²) in [6.45, 7) is 2.05. The Kier molecular flexibility index (Phi) is 22.8. The van der Waals surface area contributed by atoms with Gasteiger partial charge in [-0.05, 0) is 6.42 Å². The molecule has 0 saturated carbocycles. The van der Waals surface area contributed by atoms with Crippen LogP contribution in [-0.4, -0.2) is 17.6 Å². The molecule has 52 valence electrons. The van der Waals surface area contributed by atoms with E-state index in [9.17, 15) is 0 Å². The first-order valence-corrected chi connectivity index (χ1v) is 4.11. The lowest BCUT2D eigenvalue weighted by molar-refractivity contribution is 1.10. The average Bonchev–Trinajstić information content (AvgIpc) is 1.88. The van der Waals surface area contributed by atoms with Crippen molar-refractivity contribution in [1.29, 1.82) is 0 Å². The highest BCUT2D eigenvalue weighted by atomic mass is 35.5. The first-order valence-electron chi connectivity index (χ1n) is 2.51. The predicted octanol–water partition coefficient (Wildman–Crippen LogP) is 3.10. The Hall–Kier alpha value is 0.870. The topological polar surface area (TPSA) is 0 Å². The minimum Gasteiger partial charge on any atom is -0.127 e. The average molecular weight is 178 g/mol. The zero-order chi connectivity index (χ0) is 6.83. The van der Waals surface area contributed by atoms with Crippen molar-refractivity contribution in [3.05, 3.63) is 0 Å². The zero-order valence-electron chi connectivity index (χ0n) is 4.96. The van der Waals surface area contributed by atoms with Gasteiger partial charge in [0, 0.05) is 17.6 Å². The summed E-state index contributed by atoms with van der Waals surface area (Å²) in [4.78, 5) is 0. The summed E-state index contributed by atoms with van der Waals surface area (Å²) in [7, 11) is 0. The second-order valence-corrected chi connectivity index (χ2v) is 2.20. The van der Waals surface area contributed by atoms with Crippen molar-refractivity contribution >= 4 is 34.8 Å². The zero-order valence-corrected chi connectivity index (χ0v) is 7.23. The Labute approximate surface area is 66.1 Å². The molecule has 0 unspecified atom stereocenters. The molecule has 0 atom stereocenters. The maximum absolute atomic E-state index is 5.19. The summed E-state index contributed by atoms with van der Waals surface area (Å²) in [5, 5.41) is 0. The molecule has 0 nitrogen and oxygen atoms in total. The van der Waals surface area contributed by atoms with Crippen LogP contribution in [-0.2, 0) is 0 Å². The van der Waals surface area contributed by atoms with E-state index >= 15 is 0 Å². The standard InChI is InChI=1S/C3H7Cl.C2H4Cl2/c1-2-3-4;3-1-2-4/h2-3H2,1H3;1-2H2. The van der Waals surface area contributed by atoms with Crippen molar-refractivity contribution in [1.82, 2.24) is 0 Å². The van der Waals surface area contributed by atoms with E-state index in [0.29, 0.717) is 11.8 Å². The van der Waals surface area contributed by atoms with Gasteiger partial charge in [0.1, 0.15) is 0 Å². The third-order valence-corrected chi connectivity index (χ3v) is 1.21. The Balaban J connectivity index is 0. The van der Waals surface area contributed by atoms with Crippen LogP contribution in [0, 0.1) is 0 Å². The molecule has 0 aromatic rings. The Morgan fingerprint density at radius 1 is 0.875 bits per heavy atom. The van der Waals surface area contributed by atoms with E-state index in [2.05, 4.69) is 0 Å². The molecule has 0 aromatic carbocycles. The fourth-order valence-corrected chi connectivity index (χ4v) is 0. The maximum Gasteiger partial charge on any atom is 0.0359 e. The SMILES string of the molecule is CCCCl.ClCCCl. The number of hydrogen-bond acceptors (Lipinski definition) is 0. The summed E-state index contributed by atoms with van der Waals surface area (Å²) >= 11 is 15.3. The van der Waals surface area contributed by atoms with Gasteiger partial charge >= 0.3 is 0 Å². The molecular weight excluding hydrogens is 166 g/mol. The van der Waals surface area contributed by atoms with Crippen molar-refractivity contribution < 1.29 is 0 Å². The minimum absolute atomic E-state index is 0.557. The van der Waals surface area contributed by atoms with E-state index in [1.54, 1.807) is 0 Å². The van der Waals surface area contributed by atoms with Crippen LogP contribution in [0.25, 0.3) is 0 Å². The van der Waals surface area contributed by atoms with E-state index in [0.717, 1.165) is 12.3 Å². The van der Waals surface area contributed by atoms with Gasteiger partial charge in [0.2, 0.25) is 0 Å². The molecule has 0 saturated heterocycles. The van der Waals surface area contributed by atoms with Crippen LogP contribution >= 0.6 is 34.8 Å². The van der Waals surface area contributed by atoms with Crippen molar-refractivity contribution in [2.45, 2.75) is 13.3 Å². The summed E-state index contributed by atoms with van der Waals surface area (Å²) in [6.07, 6.45) is 1.08. The fraction of sp³-hybridized carbons (Fsp3) is 1.00. The number of alkyl halides is 3. The van der Waals surface area contributed by atoms with Crippen LogP contribution in [0.5, 0.6) is 0 Å². The highest BCUT2D eigenvalue weighted by molar-refractivity contribution is 6.25. The predicted molar refractivity (Wildman–Crippen MR) is 42.5 cm³/mol. The molecule has 0 aliphatic heterocycles. The number of halogens is 3. The van der Waals surface area contributed by atoms with E-state index in [1.807, 2.05) is 6.92 Å². The molecule has 0 rings (SSSR count). The van der Waals surface area contributed by atoms with Gasteiger partial charge in [-0.15, -0.1) is 34.8 Å². The van der Waals surface area contributed by atoms with Gasteiger partial charge < -0.3 is 0 Å². The van der Waals surface area contributed by atoms with Crippen LogP contribution < -0.4 is 0 Å². The van der Waals surface area contributed by atoms with Gasteiger partial charge in [-0.1, -0.05) is 6.92 Å². The van der Waals surface area contributed by atoms with Crippen LogP contribution in [0.1, 0.15) is 13.3 Å².